The van der Waals surface area contributed by atoms with Crippen molar-refractivity contribution in [3.8, 4) is 5.75 Å². The number of piperidine rings is 1. The van der Waals surface area contributed by atoms with Gasteiger partial charge in [-0.15, -0.1) is 0 Å². The number of likely N-dealkylation sites (tertiary alicyclic amines) is 1. The van der Waals surface area contributed by atoms with Crippen molar-refractivity contribution in [3.05, 3.63) is 29.8 Å². The normalized spacial score (nSPS) is 26.4. The molecule has 1 heterocycles. The van der Waals surface area contributed by atoms with Crippen molar-refractivity contribution in [1.82, 2.24) is 4.90 Å². The van der Waals surface area contributed by atoms with Crippen LogP contribution in [0.5, 0.6) is 5.75 Å². The first-order valence-electron chi connectivity index (χ1n) is 8.32. The lowest BCUT2D eigenvalue weighted by Gasteiger charge is -2.45. The zero-order valence-electron chi connectivity index (χ0n) is 14.0. The molecule has 2 N–H and O–H groups in total. The Labute approximate surface area is 133 Å². The van der Waals surface area contributed by atoms with Crippen LogP contribution >= 0.6 is 0 Å². The molecule has 0 spiro atoms. The highest BCUT2D eigenvalue weighted by Gasteiger charge is 2.43. The van der Waals surface area contributed by atoms with Gasteiger partial charge in [-0.2, -0.15) is 0 Å². The molecule has 1 aliphatic heterocycles. The summed E-state index contributed by atoms with van der Waals surface area (Å²) in [5.41, 5.74) is -0.0859. The molecule has 0 aliphatic carbocycles. The molecule has 0 amide bonds. The van der Waals surface area contributed by atoms with Crippen LogP contribution < -0.4 is 4.74 Å². The molecule has 22 heavy (non-hydrogen) atoms. The van der Waals surface area contributed by atoms with Gasteiger partial charge in [0.25, 0.3) is 0 Å². The minimum Gasteiger partial charge on any atom is -0.490 e. The van der Waals surface area contributed by atoms with E-state index in [9.17, 15) is 10.2 Å². The van der Waals surface area contributed by atoms with Crippen molar-refractivity contribution in [2.75, 3.05) is 19.7 Å². The minimum absolute atomic E-state index is 0.119. The third-order valence-electron chi connectivity index (χ3n) is 4.72. The van der Waals surface area contributed by atoms with E-state index in [2.05, 4.69) is 18.7 Å². The smallest absolute Gasteiger partial charge is 0.137 e. The van der Waals surface area contributed by atoms with Gasteiger partial charge in [-0.25, -0.2) is 0 Å². The second-order valence-corrected chi connectivity index (χ2v) is 6.45. The van der Waals surface area contributed by atoms with Crippen LogP contribution in [-0.4, -0.2) is 52.6 Å². The van der Waals surface area contributed by atoms with Crippen molar-refractivity contribution < 1.29 is 14.9 Å². The van der Waals surface area contributed by atoms with E-state index in [0.29, 0.717) is 19.0 Å². The van der Waals surface area contributed by atoms with E-state index < -0.39 is 11.7 Å². The monoisotopic (exact) mass is 307 g/mol. The predicted molar refractivity (Wildman–Crippen MR) is 88.2 cm³/mol. The van der Waals surface area contributed by atoms with Crippen LogP contribution in [-0.2, 0) is 0 Å². The first-order valence-corrected chi connectivity index (χ1v) is 8.32. The molecule has 1 saturated heterocycles. The SMILES string of the molecule is CCC(CC)N1CC[C@H](O)[C@@](O)(COc2cccc(C)c2)C1. The largest absolute Gasteiger partial charge is 0.490 e. The summed E-state index contributed by atoms with van der Waals surface area (Å²) in [5.74, 6) is 0.736. The molecule has 0 radical (unpaired) electrons. The Morgan fingerprint density at radius 2 is 2.09 bits per heavy atom. The molecule has 0 bridgehead atoms. The highest BCUT2D eigenvalue weighted by atomic mass is 16.5. The third kappa shape index (κ3) is 4.00. The van der Waals surface area contributed by atoms with Crippen molar-refractivity contribution in [1.29, 1.82) is 0 Å². The molecule has 4 heteroatoms. The van der Waals surface area contributed by atoms with E-state index in [1.165, 1.54) is 0 Å². The van der Waals surface area contributed by atoms with Crippen LogP contribution in [0.3, 0.4) is 0 Å². The van der Waals surface area contributed by atoms with E-state index in [1.54, 1.807) is 0 Å². The van der Waals surface area contributed by atoms with Crippen LogP contribution in [0.4, 0.5) is 0 Å². The van der Waals surface area contributed by atoms with Gasteiger partial charge in [0.15, 0.2) is 0 Å². The maximum Gasteiger partial charge on any atom is 0.137 e. The van der Waals surface area contributed by atoms with Crippen molar-refractivity contribution in [3.63, 3.8) is 0 Å². The highest BCUT2D eigenvalue weighted by molar-refractivity contribution is 5.27. The number of β-amino-alcohol motifs (C(OH)–C–C–N with tert-alkyl or cyclic N) is 1. The molecule has 2 atom stereocenters. The fourth-order valence-electron chi connectivity index (χ4n) is 3.26. The van der Waals surface area contributed by atoms with Gasteiger partial charge >= 0.3 is 0 Å². The van der Waals surface area contributed by atoms with Crippen LogP contribution in [0, 0.1) is 6.92 Å². The summed E-state index contributed by atoms with van der Waals surface area (Å²) >= 11 is 0. The maximum atomic E-state index is 10.9. The Balaban J connectivity index is 2.02. The number of aryl methyl sites for hydroxylation is 1. The molecule has 1 aromatic rings. The number of benzene rings is 1. The molecule has 0 saturated carbocycles. The zero-order chi connectivity index (χ0) is 16.2. The molecule has 0 aromatic heterocycles. The molecular formula is C18H29NO3. The summed E-state index contributed by atoms with van der Waals surface area (Å²) in [6, 6.07) is 8.22. The Morgan fingerprint density at radius 3 is 2.73 bits per heavy atom. The van der Waals surface area contributed by atoms with Gasteiger partial charge in [0.2, 0.25) is 0 Å². The summed E-state index contributed by atoms with van der Waals surface area (Å²) in [5, 5.41) is 21.1. The van der Waals surface area contributed by atoms with Gasteiger partial charge in [-0.1, -0.05) is 26.0 Å². The van der Waals surface area contributed by atoms with E-state index in [1.807, 2.05) is 31.2 Å². The molecular weight excluding hydrogens is 278 g/mol. The quantitative estimate of drug-likeness (QED) is 0.847. The Bertz CT molecular complexity index is 475. The third-order valence-corrected chi connectivity index (χ3v) is 4.72. The number of nitrogens with zero attached hydrogens (tertiary/aromatic N) is 1. The van der Waals surface area contributed by atoms with E-state index in [-0.39, 0.29) is 6.61 Å². The second-order valence-electron chi connectivity index (χ2n) is 6.45. The van der Waals surface area contributed by atoms with Crippen LogP contribution in [0.1, 0.15) is 38.7 Å². The van der Waals surface area contributed by atoms with Crippen molar-refractivity contribution >= 4 is 0 Å². The number of rotatable bonds is 6. The zero-order valence-corrected chi connectivity index (χ0v) is 14.0. The Kier molecular flexibility index (Phi) is 5.84. The summed E-state index contributed by atoms with van der Waals surface area (Å²) in [6.07, 6.45) is 1.97. The first-order chi connectivity index (χ1) is 10.5. The van der Waals surface area contributed by atoms with Gasteiger partial charge in [-0.05, 0) is 43.9 Å². The fourth-order valence-corrected chi connectivity index (χ4v) is 3.26. The molecule has 124 valence electrons. The number of hydrogen-bond donors (Lipinski definition) is 2. The van der Waals surface area contributed by atoms with Gasteiger partial charge in [0, 0.05) is 19.1 Å². The van der Waals surface area contributed by atoms with Crippen molar-refractivity contribution in [2.24, 2.45) is 0 Å². The minimum atomic E-state index is -1.20. The average Bonchev–Trinajstić information content (AvgIpc) is 2.50. The summed E-state index contributed by atoms with van der Waals surface area (Å²) in [4.78, 5) is 2.28. The van der Waals surface area contributed by atoms with Crippen LogP contribution in [0.25, 0.3) is 0 Å². The van der Waals surface area contributed by atoms with Gasteiger partial charge in [0.05, 0.1) is 6.10 Å². The number of ether oxygens (including phenoxy) is 1. The van der Waals surface area contributed by atoms with Gasteiger partial charge in [0.1, 0.15) is 18.0 Å². The van der Waals surface area contributed by atoms with Gasteiger partial charge in [-0.3, -0.25) is 4.90 Å². The molecule has 2 rings (SSSR count). The Morgan fingerprint density at radius 1 is 1.36 bits per heavy atom. The molecule has 4 nitrogen and oxygen atoms in total. The first kappa shape index (κ1) is 17.3. The lowest BCUT2D eigenvalue weighted by Crippen LogP contribution is -2.61. The van der Waals surface area contributed by atoms with E-state index >= 15 is 0 Å². The lowest BCUT2D eigenvalue weighted by atomic mass is 9.89. The molecule has 1 aliphatic rings. The number of aliphatic hydroxyl groups excluding tert-OH is 1. The fraction of sp³-hybridized carbons (Fsp3) is 0.667. The van der Waals surface area contributed by atoms with Crippen LogP contribution in [0.15, 0.2) is 24.3 Å². The average molecular weight is 307 g/mol. The van der Waals surface area contributed by atoms with Crippen LogP contribution in [0.2, 0.25) is 0 Å². The van der Waals surface area contributed by atoms with E-state index in [4.69, 9.17) is 4.74 Å². The number of aliphatic hydroxyl groups is 2. The maximum absolute atomic E-state index is 10.9. The standard InChI is InChI=1S/C18H29NO3/c1-4-15(5-2)19-10-9-17(20)18(21,12-19)13-22-16-8-6-7-14(3)11-16/h6-8,11,15,17,20-21H,4-5,9-10,12-13H2,1-3H3/t17-,18-/m0/s1. The van der Waals surface area contributed by atoms with E-state index in [0.717, 1.165) is 30.7 Å². The molecule has 0 unspecified atom stereocenters. The second kappa shape index (κ2) is 7.44. The summed E-state index contributed by atoms with van der Waals surface area (Å²) in [7, 11) is 0. The molecule has 1 aromatic carbocycles. The van der Waals surface area contributed by atoms with Gasteiger partial charge < -0.3 is 14.9 Å². The highest BCUT2D eigenvalue weighted by Crippen LogP contribution is 2.26. The summed E-state index contributed by atoms with van der Waals surface area (Å²) < 4.78 is 5.76. The molecule has 1 fully saturated rings. The lowest BCUT2D eigenvalue weighted by molar-refractivity contribution is -0.145. The topological polar surface area (TPSA) is 52.9 Å². The van der Waals surface area contributed by atoms with Crippen molar-refractivity contribution in [2.45, 2.75) is 57.8 Å². The predicted octanol–water partition coefficient (Wildman–Crippen LogP) is 2.36. The number of hydrogen-bond acceptors (Lipinski definition) is 4. The Hall–Kier alpha value is -1.10. The summed E-state index contributed by atoms with van der Waals surface area (Å²) in [6.45, 7) is 7.76.